The van der Waals surface area contributed by atoms with Crippen LogP contribution in [0.5, 0.6) is 0 Å². The molecule has 0 saturated heterocycles. The highest BCUT2D eigenvalue weighted by molar-refractivity contribution is 14.1. The molecule has 110 valence electrons. The van der Waals surface area contributed by atoms with Crippen LogP contribution in [-0.4, -0.2) is 5.91 Å². The first-order chi connectivity index (χ1) is 9.88. The van der Waals surface area contributed by atoms with Gasteiger partial charge in [-0.1, -0.05) is 45.2 Å². The number of halogens is 4. The van der Waals surface area contributed by atoms with E-state index in [1.54, 1.807) is 18.2 Å². The number of hydrogen-bond acceptors (Lipinski definition) is 1. The van der Waals surface area contributed by atoms with Gasteiger partial charge in [0, 0.05) is 18.1 Å². The second-order valence-electron chi connectivity index (χ2n) is 4.49. The van der Waals surface area contributed by atoms with Crippen LogP contribution in [0.25, 0.3) is 0 Å². The predicted molar refractivity (Wildman–Crippen MR) is 99.2 cm³/mol. The molecule has 0 fully saturated rings. The van der Waals surface area contributed by atoms with Crippen molar-refractivity contribution >= 4 is 67.6 Å². The van der Waals surface area contributed by atoms with E-state index in [2.05, 4.69) is 43.8 Å². The lowest BCUT2D eigenvalue weighted by atomic mass is 10.1. The summed E-state index contributed by atoms with van der Waals surface area (Å²) in [4.78, 5) is 12.4. The molecule has 0 radical (unpaired) electrons. The molecular weight excluding hydrogens is 488 g/mol. The molecule has 0 bridgehead atoms. The van der Waals surface area contributed by atoms with Crippen LogP contribution in [0.4, 0.5) is 0 Å². The Bertz CT molecular complexity index is 693. The zero-order chi connectivity index (χ0) is 15.6. The first kappa shape index (κ1) is 17.1. The summed E-state index contributed by atoms with van der Waals surface area (Å²) in [6.07, 6.45) is 0. The van der Waals surface area contributed by atoms with Gasteiger partial charge in [-0.3, -0.25) is 4.79 Å². The van der Waals surface area contributed by atoms with Gasteiger partial charge in [-0.25, -0.2) is 0 Å². The fourth-order valence-electron chi connectivity index (χ4n) is 1.88. The largest absolute Gasteiger partial charge is 0.345 e. The van der Waals surface area contributed by atoms with Crippen molar-refractivity contribution in [2.45, 2.75) is 13.0 Å². The summed E-state index contributed by atoms with van der Waals surface area (Å²) in [5.41, 5.74) is 1.46. The van der Waals surface area contributed by atoms with Gasteiger partial charge in [0.05, 0.1) is 11.6 Å². The molecule has 0 saturated carbocycles. The van der Waals surface area contributed by atoms with Gasteiger partial charge in [-0.2, -0.15) is 0 Å². The maximum Gasteiger partial charge on any atom is 0.252 e. The number of rotatable bonds is 3. The molecule has 21 heavy (non-hydrogen) atoms. The fourth-order valence-corrected chi connectivity index (χ4v) is 3.39. The third-order valence-electron chi connectivity index (χ3n) is 2.95. The quantitative estimate of drug-likeness (QED) is 0.528. The summed E-state index contributed by atoms with van der Waals surface area (Å²) < 4.78 is 1.76. The molecule has 0 aliphatic rings. The Morgan fingerprint density at radius 3 is 2.62 bits per heavy atom. The average Bonchev–Trinajstić information content (AvgIpc) is 2.41. The van der Waals surface area contributed by atoms with E-state index < -0.39 is 0 Å². The van der Waals surface area contributed by atoms with Gasteiger partial charge in [0.2, 0.25) is 0 Å². The number of carbonyl (C=O) groups is 1. The summed E-state index contributed by atoms with van der Waals surface area (Å²) in [6.45, 7) is 1.89. The van der Waals surface area contributed by atoms with Crippen LogP contribution in [0.15, 0.2) is 40.9 Å². The van der Waals surface area contributed by atoms with Crippen molar-refractivity contribution in [3.05, 3.63) is 65.6 Å². The molecule has 2 nitrogen and oxygen atoms in total. The van der Waals surface area contributed by atoms with Crippen LogP contribution >= 0.6 is 61.7 Å². The molecule has 0 spiro atoms. The average molecular weight is 499 g/mol. The summed E-state index contributed by atoms with van der Waals surface area (Å²) in [5.74, 6) is -0.140. The summed E-state index contributed by atoms with van der Waals surface area (Å²) in [5, 5.41) is 4.06. The van der Waals surface area contributed by atoms with Crippen LogP contribution in [-0.2, 0) is 0 Å². The Labute approximate surface area is 155 Å². The summed E-state index contributed by atoms with van der Waals surface area (Å²) in [7, 11) is 0. The Morgan fingerprint density at radius 1 is 1.24 bits per heavy atom. The van der Waals surface area contributed by atoms with Gasteiger partial charge < -0.3 is 5.32 Å². The second kappa shape index (κ2) is 7.31. The molecule has 2 aromatic carbocycles. The lowest BCUT2D eigenvalue weighted by molar-refractivity contribution is 0.0939. The minimum Gasteiger partial charge on any atom is -0.345 e. The van der Waals surface area contributed by atoms with Gasteiger partial charge in [-0.15, -0.1) is 0 Å². The molecule has 1 N–H and O–H groups in total. The first-order valence-electron chi connectivity index (χ1n) is 6.09. The van der Waals surface area contributed by atoms with Gasteiger partial charge >= 0.3 is 0 Å². The molecule has 2 aromatic rings. The van der Waals surface area contributed by atoms with Crippen LogP contribution in [0.1, 0.15) is 28.9 Å². The van der Waals surface area contributed by atoms with Crippen molar-refractivity contribution in [1.29, 1.82) is 0 Å². The third-order valence-corrected chi connectivity index (χ3v) is 4.95. The van der Waals surface area contributed by atoms with Crippen molar-refractivity contribution in [3.63, 3.8) is 0 Å². The minimum absolute atomic E-state index is 0.140. The van der Waals surface area contributed by atoms with Crippen molar-refractivity contribution in [1.82, 2.24) is 5.32 Å². The van der Waals surface area contributed by atoms with E-state index in [-0.39, 0.29) is 11.9 Å². The van der Waals surface area contributed by atoms with E-state index in [1.165, 1.54) is 0 Å². The number of amides is 1. The summed E-state index contributed by atoms with van der Waals surface area (Å²) in [6, 6.07) is 10.6. The number of hydrogen-bond donors (Lipinski definition) is 1. The standard InChI is InChI=1S/C15H11BrCl2INO/c1-8(11-4-3-10(17)7-13(11)18)20-15(21)12-6-9(16)2-5-14(12)19/h2-8H,1H3,(H,20,21). The van der Waals surface area contributed by atoms with Crippen molar-refractivity contribution in [2.24, 2.45) is 0 Å². The van der Waals surface area contributed by atoms with E-state index in [1.807, 2.05) is 25.1 Å². The van der Waals surface area contributed by atoms with Gasteiger partial charge in [0.25, 0.3) is 5.91 Å². The lowest BCUT2D eigenvalue weighted by Gasteiger charge is -2.16. The molecule has 0 heterocycles. The zero-order valence-corrected chi connectivity index (χ0v) is 16.2. The third kappa shape index (κ3) is 4.34. The molecule has 1 amide bonds. The van der Waals surface area contributed by atoms with Gasteiger partial charge in [0.15, 0.2) is 0 Å². The fraction of sp³-hybridized carbons (Fsp3) is 0.133. The van der Waals surface area contributed by atoms with E-state index in [0.29, 0.717) is 15.6 Å². The molecular formula is C15H11BrCl2INO. The Hall–Kier alpha value is -0.300. The van der Waals surface area contributed by atoms with Gasteiger partial charge in [0.1, 0.15) is 0 Å². The highest BCUT2D eigenvalue weighted by Gasteiger charge is 2.16. The Balaban J connectivity index is 2.20. The maximum absolute atomic E-state index is 12.4. The van der Waals surface area contributed by atoms with Crippen LogP contribution in [0.3, 0.4) is 0 Å². The van der Waals surface area contributed by atoms with Crippen LogP contribution in [0, 0.1) is 3.57 Å². The van der Waals surface area contributed by atoms with E-state index in [0.717, 1.165) is 13.6 Å². The van der Waals surface area contributed by atoms with Crippen LogP contribution in [0.2, 0.25) is 10.0 Å². The normalized spacial score (nSPS) is 12.0. The highest BCUT2D eigenvalue weighted by Crippen LogP contribution is 2.27. The summed E-state index contributed by atoms with van der Waals surface area (Å²) >= 11 is 17.6. The minimum atomic E-state index is -0.211. The number of nitrogens with one attached hydrogen (secondary N) is 1. The topological polar surface area (TPSA) is 29.1 Å². The predicted octanol–water partition coefficient (Wildman–Crippen LogP) is 5.85. The molecule has 6 heteroatoms. The van der Waals surface area contributed by atoms with E-state index in [9.17, 15) is 4.79 Å². The molecule has 0 aromatic heterocycles. The molecule has 1 atom stereocenters. The number of carbonyl (C=O) groups excluding carboxylic acids is 1. The van der Waals surface area contributed by atoms with Crippen LogP contribution < -0.4 is 5.32 Å². The molecule has 0 aliphatic heterocycles. The highest BCUT2D eigenvalue weighted by atomic mass is 127. The van der Waals surface area contributed by atoms with Crippen molar-refractivity contribution < 1.29 is 4.79 Å². The lowest BCUT2D eigenvalue weighted by Crippen LogP contribution is -2.27. The van der Waals surface area contributed by atoms with E-state index in [4.69, 9.17) is 23.2 Å². The second-order valence-corrected chi connectivity index (χ2v) is 7.41. The Kier molecular flexibility index (Phi) is 5.94. The van der Waals surface area contributed by atoms with Crippen molar-refractivity contribution in [3.8, 4) is 0 Å². The Morgan fingerprint density at radius 2 is 1.95 bits per heavy atom. The maximum atomic E-state index is 12.4. The number of benzene rings is 2. The smallest absolute Gasteiger partial charge is 0.252 e. The van der Waals surface area contributed by atoms with E-state index >= 15 is 0 Å². The zero-order valence-electron chi connectivity index (χ0n) is 11.0. The monoisotopic (exact) mass is 497 g/mol. The van der Waals surface area contributed by atoms with Gasteiger partial charge in [-0.05, 0) is 65.4 Å². The molecule has 1 unspecified atom stereocenters. The van der Waals surface area contributed by atoms with Crippen molar-refractivity contribution in [2.75, 3.05) is 0 Å². The first-order valence-corrected chi connectivity index (χ1v) is 8.72. The molecule has 0 aliphatic carbocycles. The SMILES string of the molecule is CC(NC(=O)c1cc(Br)ccc1I)c1ccc(Cl)cc1Cl. The molecule has 2 rings (SSSR count).